The van der Waals surface area contributed by atoms with Crippen LogP contribution in [-0.4, -0.2) is 21.4 Å². The van der Waals surface area contributed by atoms with Gasteiger partial charge in [0, 0.05) is 18.1 Å². The molecule has 8 heteroatoms. The fraction of sp³-hybridized carbons (Fsp3) is 0.333. The molecule has 0 spiro atoms. The van der Waals surface area contributed by atoms with Crippen LogP contribution in [0.5, 0.6) is 0 Å². The number of nitro groups is 1. The van der Waals surface area contributed by atoms with Gasteiger partial charge in [-0.1, -0.05) is 43.1 Å². The summed E-state index contributed by atoms with van der Waals surface area (Å²) in [6, 6.07) is 7.30. The predicted molar refractivity (Wildman–Crippen MR) is 90.9 cm³/mol. The van der Waals surface area contributed by atoms with Gasteiger partial charge in [0.25, 0.3) is 0 Å². The lowest BCUT2D eigenvalue weighted by Crippen LogP contribution is -2.10. The molecule has 1 aromatic heterocycles. The Morgan fingerprint density at radius 2 is 1.91 bits per heavy atom. The van der Waals surface area contributed by atoms with E-state index in [1.807, 2.05) is 25.1 Å². The molecule has 0 radical (unpaired) electrons. The zero-order chi connectivity index (χ0) is 16.7. The molecule has 0 aliphatic carbocycles. The van der Waals surface area contributed by atoms with Crippen molar-refractivity contribution in [3.63, 3.8) is 0 Å². The lowest BCUT2D eigenvalue weighted by Gasteiger charge is -2.10. The highest BCUT2D eigenvalue weighted by Crippen LogP contribution is 2.29. The molecule has 23 heavy (non-hydrogen) atoms. The number of anilines is 2. The van der Waals surface area contributed by atoms with E-state index >= 15 is 0 Å². The second-order valence-corrected chi connectivity index (χ2v) is 5.31. The largest absolute Gasteiger partial charge is 0.364 e. The van der Waals surface area contributed by atoms with Gasteiger partial charge in [0.15, 0.2) is 0 Å². The number of nitrogens with one attached hydrogen (secondary N) is 2. The lowest BCUT2D eigenvalue weighted by molar-refractivity contribution is -0.383. The van der Waals surface area contributed by atoms with E-state index < -0.39 is 4.92 Å². The number of unbranched alkanes of at least 4 members (excludes halogenated alkanes) is 1. The zero-order valence-electron chi connectivity index (χ0n) is 12.8. The third-order valence-corrected chi connectivity index (χ3v) is 3.60. The molecule has 0 amide bonds. The Morgan fingerprint density at radius 1 is 1.22 bits per heavy atom. The summed E-state index contributed by atoms with van der Waals surface area (Å²) in [6.45, 7) is 3.01. The van der Waals surface area contributed by atoms with Gasteiger partial charge in [-0.3, -0.25) is 10.1 Å². The van der Waals surface area contributed by atoms with Crippen molar-refractivity contribution in [2.24, 2.45) is 0 Å². The van der Waals surface area contributed by atoms with Gasteiger partial charge < -0.3 is 10.6 Å². The molecule has 0 saturated heterocycles. The summed E-state index contributed by atoms with van der Waals surface area (Å²) in [6.07, 6.45) is 3.20. The van der Waals surface area contributed by atoms with Crippen molar-refractivity contribution in [3.05, 3.63) is 51.3 Å². The first-order valence-electron chi connectivity index (χ1n) is 7.34. The van der Waals surface area contributed by atoms with Gasteiger partial charge in [0.2, 0.25) is 11.6 Å². The maximum Gasteiger partial charge on any atom is 0.353 e. The highest BCUT2D eigenvalue weighted by atomic mass is 35.5. The predicted octanol–water partition coefficient (Wildman–Crippen LogP) is 3.86. The highest BCUT2D eigenvalue weighted by molar-refractivity contribution is 6.31. The van der Waals surface area contributed by atoms with Crippen molar-refractivity contribution >= 4 is 28.9 Å². The Bertz CT molecular complexity index is 681. The monoisotopic (exact) mass is 335 g/mol. The van der Waals surface area contributed by atoms with Crippen molar-refractivity contribution in [1.29, 1.82) is 0 Å². The average Bonchev–Trinajstić information content (AvgIpc) is 2.54. The minimum Gasteiger partial charge on any atom is -0.364 e. The number of rotatable bonds is 8. The topological polar surface area (TPSA) is 93.0 Å². The summed E-state index contributed by atoms with van der Waals surface area (Å²) in [5.74, 6) is 0.393. The molecule has 2 aromatic rings. The Morgan fingerprint density at radius 3 is 2.57 bits per heavy atom. The highest BCUT2D eigenvalue weighted by Gasteiger charge is 2.22. The molecule has 0 fully saturated rings. The average molecular weight is 336 g/mol. The van der Waals surface area contributed by atoms with Crippen LogP contribution in [0.1, 0.15) is 25.3 Å². The standard InChI is InChI=1S/C15H18ClN5O2/c1-2-3-8-17-14-13(21(22)23)15(20-10-19-14)18-9-11-6-4-5-7-12(11)16/h4-7,10H,2-3,8-9H2,1H3,(H2,17,18,19,20). The summed E-state index contributed by atoms with van der Waals surface area (Å²) in [5, 5.41) is 17.9. The Labute approximate surface area is 139 Å². The molecular weight excluding hydrogens is 318 g/mol. The fourth-order valence-electron chi connectivity index (χ4n) is 2.01. The number of hydrogen-bond donors (Lipinski definition) is 2. The third-order valence-electron chi connectivity index (χ3n) is 3.23. The molecule has 1 aromatic carbocycles. The maximum absolute atomic E-state index is 11.4. The van der Waals surface area contributed by atoms with Crippen molar-refractivity contribution in [1.82, 2.24) is 9.97 Å². The number of aromatic nitrogens is 2. The van der Waals surface area contributed by atoms with Crippen LogP contribution in [0.2, 0.25) is 5.02 Å². The number of nitrogens with zero attached hydrogens (tertiary/aromatic N) is 3. The van der Waals surface area contributed by atoms with Gasteiger partial charge in [0.1, 0.15) is 6.33 Å². The molecule has 122 valence electrons. The summed E-state index contributed by atoms with van der Waals surface area (Å²) < 4.78 is 0. The number of hydrogen-bond acceptors (Lipinski definition) is 6. The minimum absolute atomic E-state index is 0.157. The van der Waals surface area contributed by atoms with Crippen molar-refractivity contribution in [2.45, 2.75) is 26.3 Å². The fourth-order valence-corrected chi connectivity index (χ4v) is 2.22. The van der Waals surface area contributed by atoms with Crippen molar-refractivity contribution in [2.75, 3.05) is 17.2 Å². The molecule has 0 aliphatic heterocycles. The molecule has 0 unspecified atom stereocenters. The first-order chi connectivity index (χ1) is 11.1. The molecular formula is C15H18ClN5O2. The van der Waals surface area contributed by atoms with Gasteiger partial charge in [-0.25, -0.2) is 9.97 Å². The molecule has 0 bridgehead atoms. The first-order valence-corrected chi connectivity index (χ1v) is 7.71. The SMILES string of the molecule is CCCCNc1ncnc(NCc2ccccc2Cl)c1[N+](=O)[O-]. The van der Waals surface area contributed by atoms with Crippen molar-refractivity contribution < 1.29 is 4.92 Å². The number of halogens is 1. The normalized spacial score (nSPS) is 10.3. The summed E-state index contributed by atoms with van der Waals surface area (Å²) in [7, 11) is 0. The molecule has 2 N–H and O–H groups in total. The van der Waals surface area contributed by atoms with E-state index in [9.17, 15) is 10.1 Å². The van der Waals surface area contributed by atoms with Crippen molar-refractivity contribution in [3.8, 4) is 0 Å². The minimum atomic E-state index is -0.483. The summed E-state index contributed by atoms with van der Waals surface area (Å²) in [4.78, 5) is 18.9. The Kier molecular flexibility index (Phi) is 6.10. The van der Waals surface area contributed by atoms with Gasteiger partial charge in [-0.2, -0.15) is 0 Å². The number of benzene rings is 1. The van der Waals surface area contributed by atoms with Gasteiger partial charge >= 0.3 is 5.69 Å². The van der Waals surface area contributed by atoms with Crippen LogP contribution in [0.15, 0.2) is 30.6 Å². The maximum atomic E-state index is 11.4. The first kappa shape index (κ1) is 17.0. The van der Waals surface area contributed by atoms with E-state index in [1.54, 1.807) is 6.07 Å². The quantitative estimate of drug-likeness (QED) is 0.432. The van der Waals surface area contributed by atoms with Crippen LogP contribution < -0.4 is 10.6 Å². The third kappa shape index (κ3) is 4.53. The molecule has 2 rings (SSSR count). The van der Waals surface area contributed by atoms with Crippen LogP contribution in [0.4, 0.5) is 17.3 Å². The van der Waals surface area contributed by atoms with Crippen LogP contribution in [0, 0.1) is 10.1 Å². The van der Waals surface area contributed by atoms with E-state index in [0.717, 1.165) is 18.4 Å². The second-order valence-electron chi connectivity index (χ2n) is 4.90. The molecule has 1 heterocycles. The van der Waals surface area contributed by atoms with Crippen LogP contribution in [0.25, 0.3) is 0 Å². The van der Waals surface area contributed by atoms with E-state index in [4.69, 9.17) is 11.6 Å². The molecule has 7 nitrogen and oxygen atoms in total. The summed E-state index contributed by atoms with van der Waals surface area (Å²) in [5.41, 5.74) is 0.679. The van der Waals surface area contributed by atoms with E-state index in [0.29, 0.717) is 18.1 Å². The second kappa shape index (κ2) is 8.28. The van der Waals surface area contributed by atoms with Gasteiger partial charge in [-0.05, 0) is 18.1 Å². The summed E-state index contributed by atoms with van der Waals surface area (Å²) >= 11 is 6.09. The van der Waals surface area contributed by atoms with E-state index in [1.165, 1.54) is 6.33 Å². The van der Waals surface area contributed by atoms with Gasteiger partial charge in [0.05, 0.1) is 4.92 Å². The van der Waals surface area contributed by atoms with E-state index in [2.05, 4.69) is 20.6 Å². The van der Waals surface area contributed by atoms with Crippen LogP contribution in [0.3, 0.4) is 0 Å². The molecule has 0 atom stereocenters. The molecule has 0 aliphatic rings. The van der Waals surface area contributed by atoms with Gasteiger partial charge in [-0.15, -0.1) is 0 Å². The van der Waals surface area contributed by atoms with E-state index in [-0.39, 0.29) is 17.3 Å². The van der Waals surface area contributed by atoms with Crippen LogP contribution >= 0.6 is 11.6 Å². The Balaban J connectivity index is 2.19. The smallest absolute Gasteiger partial charge is 0.353 e. The zero-order valence-corrected chi connectivity index (χ0v) is 13.5. The molecule has 0 saturated carbocycles. The van der Waals surface area contributed by atoms with Crippen LogP contribution in [-0.2, 0) is 6.54 Å². The lowest BCUT2D eigenvalue weighted by atomic mass is 10.2. The Hall–Kier alpha value is -2.41.